The highest BCUT2D eigenvalue weighted by Gasteiger charge is 2.19. The van der Waals surface area contributed by atoms with E-state index in [4.69, 9.17) is 16.3 Å². The van der Waals surface area contributed by atoms with Gasteiger partial charge in [-0.1, -0.05) is 33.6 Å². The molecule has 0 atom stereocenters. The number of benzene rings is 2. The molecule has 0 unspecified atom stereocenters. The lowest BCUT2D eigenvalue weighted by molar-refractivity contribution is 0.417. The number of aryl methyl sites for hydroxylation is 1. The molecule has 4 nitrogen and oxygen atoms in total. The van der Waals surface area contributed by atoms with Gasteiger partial charge in [0, 0.05) is 4.47 Å². The van der Waals surface area contributed by atoms with Crippen molar-refractivity contribution in [2.24, 2.45) is 0 Å². The first-order chi connectivity index (χ1) is 9.83. The molecule has 0 bridgehead atoms. The minimum Gasteiger partial charge on any atom is -0.495 e. The van der Waals surface area contributed by atoms with E-state index in [-0.39, 0.29) is 9.92 Å². The van der Waals surface area contributed by atoms with E-state index in [0.717, 1.165) is 10.0 Å². The van der Waals surface area contributed by atoms with Crippen LogP contribution in [0, 0.1) is 6.92 Å². The maximum Gasteiger partial charge on any atom is 0.263 e. The van der Waals surface area contributed by atoms with Gasteiger partial charge in [0.05, 0.1) is 17.8 Å². The fourth-order valence-electron chi connectivity index (χ4n) is 1.78. The lowest BCUT2D eigenvalue weighted by Gasteiger charge is -2.13. The first-order valence-electron chi connectivity index (χ1n) is 5.96. The van der Waals surface area contributed by atoms with Gasteiger partial charge in [0.2, 0.25) is 0 Å². The van der Waals surface area contributed by atoms with E-state index in [1.807, 2.05) is 6.92 Å². The van der Waals surface area contributed by atoms with E-state index >= 15 is 0 Å². The van der Waals surface area contributed by atoms with Crippen molar-refractivity contribution in [2.45, 2.75) is 11.8 Å². The number of hydrogen-bond donors (Lipinski definition) is 1. The van der Waals surface area contributed by atoms with Crippen LogP contribution >= 0.6 is 27.5 Å². The Hall–Kier alpha value is -1.24. The van der Waals surface area contributed by atoms with Crippen LogP contribution in [0.2, 0.25) is 5.02 Å². The molecule has 0 saturated carbocycles. The monoisotopic (exact) mass is 389 g/mol. The molecule has 0 saturated heterocycles. The van der Waals surface area contributed by atoms with Crippen molar-refractivity contribution < 1.29 is 13.2 Å². The Kier molecular flexibility index (Phi) is 4.81. The normalized spacial score (nSPS) is 11.2. The fourth-order valence-corrected chi connectivity index (χ4v) is 3.81. The average molecular weight is 391 g/mol. The molecule has 2 aromatic carbocycles. The highest BCUT2D eigenvalue weighted by atomic mass is 79.9. The summed E-state index contributed by atoms with van der Waals surface area (Å²) in [4.78, 5) is 0.0248. The Bertz CT molecular complexity index is 778. The second kappa shape index (κ2) is 6.25. The molecule has 0 aromatic heterocycles. The molecule has 2 rings (SSSR count). The van der Waals surface area contributed by atoms with E-state index in [1.54, 1.807) is 30.3 Å². The van der Waals surface area contributed by atoms with Gasteiger partial charge in [0.15, 0.2) is 0 Å². The van der Waals surface area contributed by atoms with Crippen molar-refractivity contribution in [3.63, 3.8) is 0 Å². The van der Waals surface area contributed by atoms with E-state index in [9.17, 15) is 8.42 Å². The Balaban J connectivity index is 2.44. The summed E-state index contributed by atoms with van der Waals surface area (Å²) in [5.74, 6) is 0.421. The lowest BCUT2D eigenvalue weighted by Crippen LogP contribution is -2.14. The standard InChI is InChI=1S/C14H13BrClNO3S/c1-9-3-6-14(11(16)7-9)21(18,19)17-12-8-10(15)4-5-13(12)20-2/h3-8,17H,1-2H3. The largest absolute Gasteiger partial charge is 0.495 e. The van der Waals surface area contributed by atoms with Gasteiger partial charge >= 0.3 is 0 Å². The Morgan fingerprint density at radius 1 is 1.19 bits per heavy atom. The van der Waals surface area contributed by atoms with Gasteiger partial charge in [-0.3, -0.25) is 4.72 Å². The number of anilines is 1. The van der Waals surface area contributed by atoms with Crippen LogP contribution in [0.1, 0.15) is 5.56 Å². The molecule has 112 valence electrons. The second-order valence-electron chi connectivity index (χ2n) is 4.38. The van der Waals surface area contributed by atoms with Gasteiger partial charge in [-0.2, -0.15) is 0 Å². The molecular weight excluding hydrogens is 378 g/mol. The number of rotatable bonds is 4. The zero-order chi connectivity index (χ0) is 15.6. The van der Waals surface area contributed by atoms with Crippen molar-refractivity contribution in [3.8, 4) is 5.75 Å². The molecule has 0 aliphatic heterocycles. The van der Waals surface area contributed by atoms with Crippen molar-refractivity contribution in [2.75, 3.05) is 11.8 Å². The number of hydrogen-bond acceptors (Lipinski definition) is 3. The Morgan fingerprint density at radius 3 is 2.52 bits per heavy atom. The lowest BCUT2D eigenvalue weighted by atomic mass is 10.2. The summed E-state index contributed by atoms with van der Waals surface area (Å²) in [6, 6.07) is 9.82. The molecule has 7 heteroatoms. The molecule has 0 aliphatic rings. The van der Waals surface area contributed by atoms with E-state index in [0.29, 0.717) is 11.4 Å². The minimum atomic E-state index is -3.79. The molecule has 0 radical (unpaired) electrons. The van der Waals surface area contributed by atoms with Gasteiger partial charge in [0.1, 0.15) is 10.6 Å². The van der Waals surface area contributed by atoms with Crippen LogP contribution in [-0.4, -0.2) is 15.5 Å². The van der Waals surface area contributed by atoms with Crippen LogP contribution < -0.4 is 9.46 Å². The number of methoxy groups -OCH3 is 1. The molecule has 2 aromatic rings. The highest BCUT2D eigenvalue weighted by molar-refractivity contribution is 9.10. The summed E-state index contributed by atoms with van der Waals surface area (Å²) < 4.78 is 33.3. The van der Waals surface area contributed by atoms with Crippen molar-refractivity contribution in [1.29, 1.82) is 0 Å². The first-order valence-corrected chi connectivity index (χ1v) is 8.61. The third-order valence-corrected chi connectivity index (χ3v) is 5.12. The van der Waals surface area contributed by atoms with Gasteiger partial charge in [-0.15, -0.1) is 0 Å². The van der Waals surface area contributed by atoms with Crippen LogP contribution in [0.4, 0.5) is 5.69 Å². The van der Waals surface area contributed by atoms with Crippen molar-refractivity contribution >= 4 is 43.2 Å². The van der Waals surface area contributed by atoms with Crippen molar-refractivity contribution in [3.05, 3.63) is 51.5 Å². The number of nitrogens with one attached hydrogen (secondary N) is 1. The van der Waals surface area contributed by atoms with Crippen LogP contribution in [-0.2, 0) is 10.0 Å². The molecular formula is C14H13BrClNO3S. The smallest absolute Gasteiger partial charge is 0.263 e. The first kappa shape index (κ1) is 16.1. The Labute approximate surface area is 137 Å². The zero-order valence-electron chi connectivity index (χ0n) is 11.4. The number of ether oxygens (including phenoxy) is 1. The summed E-state index contributed by atoms with van der Waals surface area (Å²) in [5.41, 5.74) is 1.22. The summed E-state index contributed by atoms with van der Waals surface area (Å²) in [6.07, 6.45) is 0. The maximum absolute atomic E-state index is 12.4. The van der Waals surface area contributed by atoms with Gasteiger partial charge in [0.25, 0.3) is 10.0 Å². The predicted molar refractivity (Wildman–Crippen MR) is 87.7 cm³/mol. The van der Waals surface area contributed by atoms with Crippen molar-refractivity contribution in [1.82, 2.24) is 0 Å². The summed E-state index contributed by atoms with van der Waals surface area (Å²) in [6.45, 7) is 1.84. The third-order valence-electron chi connectivity index (χ3n) is 2.78. The molecule has 21 heavy (non-hydrogen) atoms. The molecule has 0 amide bonds. The van der Waals surface area contributed by atoms with Gasteiger partial charge in [-0.05, 0) is 42.8 Å². The third kappa shape index (κ3) is 3.70. The van der Waals surface area contributed by atoms with Crippen LogP contribution in [0.5, 0.6) is 5.75 Å². The summed E-state index contributed by atoms with van der Waals surface area (Å²) >= 11 is 9.32. The summed E-state index contributed by atoms with van der Waals surface area (Å²) in [7, 11) is -2.32. The van der Waals surface area contributed by atoms with Crippen LogP contribution in [0.3, 0.4) is 0 Å². The van der Waals surface area contributed by atoms with E-state index in [2.05, 4.69) is 20.7 Å². The topological polar surface area (TPSA) is 55.4 Å². The quantitative estimate of drug-likeness (QED) is 0.850. The van der Waals surface area contributed by atoms with E-state index < -0.39 is 10.0 Å². The van der Waals surface area contributed by atoms with Crippen LogP contribution in [0.15, 0.2) is 45.8 Å². The highest BCUT2D eigenvalue weighted by Crippen LogP contribution is 2.31. The van der Waals surface area contributed by atoms with Gasteiger partial charge in [-0.25, -0.2) is 8.42 Å². The van der Waals surface area contributed by atoms with E-state index in [1.165, 1.54) is 13.2 Å². The zero-order valence-corrected chi connectivity index (χ0v) is 14.5. The minimum absolute atomic E-state index is 0.0248. The average Bonchev–Trinajstić information content (AvgIpc) is 2.37. The van der Waals surface area contributed by atoms with Crippen LogP contribution in [0.25, 0.3) is 0 Å². The number of sulfonamides is 1. The fraction of sp³-hybridized carbons (Fsp3) is 0.143. The number of halogens is 2. The molecule has 1 N–H and O–H groups in total. The molecule has 0 heterocycles. The second-order valence-corrected chi connectivity index (χ2v) is 7.36. The summed E-state index contributed by atoms with van der Waals surface area (Å²) in [5, 5.41) is 0.177. The Morgan fingerprint density at radius 2 is 1.90 bits per heavy atom. The predicted octanol–water partition coefficient (Wildman–Crippen LogP) is 4.22. The maximum atomic E-state index is 12.4. The molecule has 0 aliphatic carbocycles. The molecule has 0 spiro atoms. The van der Waals surface area contributed by atoms with Gasteiger partial charge < -0.3 is 4.74 Å². The SMILES string of the molecule is COc1ccc(Br)cc1NS(=O)(=O)c1ccc(C)cc1Cl. The molecule has 0 fully saturated rings.